The summed E-state index contributed by atoms with van der Waals surface area (Å²) in [6.45, 7) is 7.61. The fourth-order valence-corrected chi connectivity index (χ4v) is 2.95. The minimum absolute atomic E-state index is 0.334. The van der Waals surface area contributed by atoms with E-state index in [4.69, 9.17) is 18.9 Å². The molecule has 20 heavy (non-hydrogen) atoms. The maximum atomic E-state index is 10.5. The highest BCUT2D eigenvalue weighted by Gasteiger charge is 2.49. The zero-order chi connectivity index (χ0) is 15.1. The van der Waals surface area contributed by atoms with Gasteiger partial charge in [-0.15, -0.1) is 0 Å². The molecule has 116 valence electrons. The first-order valence-corrected chi connectivity index (χ1v) is 8.06. The van der Waals surface area contributed by atoms with Gasteiger partial charge in [-0.2, -0.15) is 0 Å². The maximum Gasteiger partial charge on any atom is 0.164 e. The van der Waals surface area contributed by atoms with Crippen molar-refractivity contribution >= 4 is 31.9 Å². The van der Waals surface area contributed by atoms with Crippen molar-refractivity contribution in [3.8, 4) is 0 Å². The molecule has 5 nitrogen and oxygen atoms in total. The third kappa shape index (κ3) is 4.03. The van der Waals surface area contributed by atoms with Crippen LogP contribution in [-0.4, -0.2) is 47.7 Å². The van der Waals surface area contributed by atoms with E-state index in [1.807, 2.05) is 33.8 Å². The van der Waals surface area contributed by atoms with Gasteiger partial charge in [0.05, 0.1) is 10.00 Å². The fraction of sp³-hybridized carbons (Fsp3) is 0.846. The first kappa shape index (κ1) is 16.9. The van der Waals surface area contributed by atoms with Crippen molar-refractivity contribution in [1.82, 2.24) is 0 Å². The molecule has 4 atom stereocenters. The van der Waals surface area contributed by atoms with Gasteiger partial charge in [-0.1, -0.05) is 0 Å². The van der Waals surface area contributed by atoms with Gasteiger partial charge in [-0.3, -0.25) is 0 Å². The van der Waals surface area contributed by atoms with Crippen molar-refractivity contribution in [3.63, 3.8) is 0 Å². The third-order valence-corrected chi connectivity index (χ3v) is 3.73. The van der Waals surface area contributed by atoms with E-state index in [0.717, 1.165) is 3.39 Å². The lowest BCUT2D eigenvalue weighted by Crippen LogP contribution is -2.44. The van der Waals surface area contributed by atoms with E-state index in [1.165, 1.54) is 0 Å². The summed E-state index contributed by atoms with van der Waals surface area (Å²) < 4.78 is 23.5. The summed E-state index contributed by atoms with van der Waals surface area (Å²) in [6.07, 6.45) is -0.348. The second-order valence-corrected chi connectivity index (χ2v) is 8.65. The average Bonchev–Trinajstić information content (AvgIpc) is 2.77. The number of hydrogen-bond donors (Lipinski definition) is 1. The van der Waals surface area contributed by atoms with E-state index in [0.29, 0.717) is 6.61 Å². The molecule has 0 aliphatic carbocycles. The van der Waals surface area contributed by atoms with Crippen molar-refractivity contribution in [3.05, 3.63) is 9.47 Å². The predicted octanol–water partition coefficient (Wildman–Crippen LogP) is 2.65. The molecule has 2 fully saturated rings. The van der Waals surface area contributed by atoms with E-state index < -0.39 is 29.9 Å². The zero-order valence-corrected chi connectivity index (χ0v) is 15.1. The molecule has 0 unspecified atom stereocenters. The summed E-state index contributed by atoms with van der Waals surface area (Å²) in [6, 6.07) is 0. The van der Waals surface area contributed by atoms with Crippen molar-refractivity contribution in [2.75, 3.05) is 6.61 Å². The number of ether oxygens (including phenoxy) is 4. The molecule has 0 aromatic rings. The molecule has 7 heteroatoms. The van der Waals surface area contributed by atoms with Crippen LogP contribution in [0.2, 0.25) is 0 Å². The quantitative estimate of drug-likeness (QED) is 0.767. The second kappa shape index (κ2) is 5.95. The first-order chi connectivity index (χ1) is 9.10. The average molecular weight is 416 g/mol. The smallest absolute Gasteiger partial charge is 0.164 e. The Balaban J connectivity index is 2.11. The number of aliphatic hydroxyl groups is 1. The van der Waals surface area contributed by atoms with E-state index in [2.05, 4.69) is 31.9 Å². The SMILES string of the molecule is CC1(C)O[C@H]([C@H](O)[C@H]2COC(C)(C)O2)[C@@H](C=C(Br)Br)O1. The van der Waals surface area contributed by atoms with Crippen LogP contribution in [0.4, 0.5) is 0 Å². The van der Waals surface area contributed by atoms with Gasteiger partial charge in [0, 0.05) is 0 Å². The van der Waals surface area contributed by atoms with E-state index in [-0.39, 0.29) is 6.10 Å². The highest BCUT2D eigenvalue weighted by Crippen LogP contribution is 2.35. The van der Waals surface area contributed by atoms with E-state index >= 15 is 0 Å². The van der Waals surface area contributed by atoms with Crippen molar-refractivity contribution in [1.29, 1.82) is 0 Å². The van der Waals surface area contributed by atoms with Crippen molar-refractivity contribution in [2.45, 2.75) is 63.7 Å². The van der Waals surface area contributed by atoms with Gasteiger partial charge >= 0.3 is 0 Å². The minimum Gasteiger partial charge on any atom is -0.387 e. The first-order valence-electron chi connectivity index (χ1n) is 6.48. The maximum absolute atomic E-state index is 10.5. The monoisotopic (exact) mass is 414 g/mol. The zero-order valence-electron chi connectivity index (χ0n) is 11.9. The van der Waals surface area contributed by atoms with Crippen molar-refractivity contribution in [2.24, 2.45) is 0 Å². The lowest BCUT2D eigenvalue weighted by Gasteiger charge is -2.26. The number of hydrogen-bond acceptors (Lipinski definition) is 5. The van der Waals surface area contributed by atoms with Crippen LogP contribution < -0.4 is 0 Å². The Hall–Kier alpha value is 0.500. The number of rotatable bonds is 3. The standard InChI is InChI=1S/C13H20Br2O5/c1-12(2)17-6-8(19-12)10(16)11-7(5-9(14)15)18-13(3,4)20-11/h5,7-8,10-11,16H,6H2,1-4H3/t7-,8-,10-,11+/m1/s1. The Morgan fingerprint density at radius 3 is 2.30 bits per heavy atom. The highest BCUT2D eigenvalue weighted by atomic mass is 79.9. The summed E-state index contributed by atoms with van der Waals surface area (Å²) >= 11 is 6.61. The third-order valence-electron chi connectivity index (χ3n) is 3.20. The molecule has 0 radical (unpaired) electrons. The van der Waals surface area contributed by atoms with E-state index in [9.17, 15) is 5.11 Å². The summed E-state index contributed by atoms with van der Waals surface area (Å²) in [5, 5.41) is 10.5. The van der Waals surface area contributed by atoms with Gasteiger partial charge in [-0.25, -0.2) is 0 Å². The Morgan fingerprint density at radius 2 is 1.80 bits per heavy atom. The Kier molecular flexibility index (Phi) is 5.01. The van der Waals surface area contributed by atoms with Crippen LogP contribution in [0, 0.1) is 0 Å². The van der Waals surface area contributed by atoms with Crippen LogP contribution in [0.1, 0.15) is 27.7 Å². The number of halogens is 2. The van der Waals surface area contributed by atoms with Crippen LogP contribution in [-0.2, 0) is 18.9 Å². The van der Waals surface area contributed by atoms with Gasteiger partial charge in [0.1, 0.15) is 24.4 Å². The summed E-state index contributed by atoms with van der Waals surface area (Å²) in [4.78, 5) is 0. The Labute approximate surface area is 135 Å². The molecule has 0 spiro atoms. The molecule has 2 heterocycles. The Morgan fingerprint density at radius 1 is 1.15 bits per heavy atom. The lowest BCUT2D eigenvalue weighted by atomic mass is 10.0. The topological polar surface area (TPSA) is 57.2 Å². The van der Waals surface area contributed by atoms with Crippen LogP contribution in [0.3, 0.4) is 0 Å². The molecule has 0 aromatic carbocycles. The molecule has 2 aliphatic rings. The summed E-state index contributed by atoms with van der Waals surface area (Å²) in [5.41, 5.74) is 0. The molecular weight excluding hydrogens is 396 g/mol. The minimum atomic E-state index is -0.834. The van der Waals surface area contributed by atoms with Gasteiger partial charge in [0.25, 0.3) is 0 Å². The summed E-state index contributed by atoms with van der Waals surface area (Å²) in [7, 11) is 0. The van der Waals surface area contributed by atoms with Gasteiger partial charge in [0.2, 0.25) is 0 Å². The molecule has 2 aliphatic heterocycles. The van der Waals surface area contributed by atoms with E-state index in [1.54, 1.807) is 0 Å². The second-order valence-electron chi connectivity index (χ2n) is 5.88. The largest absolute Gasteiger partial charge is 0.387 e. The van der Waals surface area contributed by atoms with Crippen LogP contribution in [0.25, 0.3) is 0 Å². The normalized spacial score (nSPS) is 36.9. The van der Waals surface area contributed by atoms with Crippen molar-refractivity contribution < 1.29 is 24.1 Å². The van der Waals surface area contributed by atoms with Crippen LogP contribution in [0.5, 0.6) is 0 Å². The molecular formula is C13H20Br2O5. The van der Waals surface area contributed by atoms with Gasteiger partial charge in [-0.05, 0) is 65.6 Å². The molecule has 0 aromatic heterocycles. The predicted molar refractivity (Wildman–Crippen MR) is 80.7 cm³/mol. The molecule has 2 rings (SSSR count). The number of aliphatic hydroxyl groups excluding tert-OH is 1. The lowest BCUT2D eigenvalue weighted by molar-refractivity contribution is -0.178. The molecule has 1 N–H and O–H groups in total. The van der Waals surface area contributed by atoms with Crippen LogP contribution in [0.15, 0.2) is 9.47 Å². The summed E-state index contributed by atoms with van der Waals surface area (Å²) in [5.74, 6) is -1.43. The molecule has 0 bridgehead atoms. The van der Waals surface area contributed by atoms with Gasteiger partial charge in [0.15, 0.2) is 11.6 Å². The molecule has 2 saturated heterocycles. The fourth-order valence-electron chi connectivity index (χ4n) is 2.43. The highest BCUT2D eigenvalue weighted by molar-refractivity contribution is 9.28. The molecule has 0 amide bonds. The Bertz CT molecular complexity index is 392. The van der Waals surface area contributed by atoms with Gasteiger partial charge < -0.3 is 24.1 Å². The van der Waals surface area contributed by atoms with Crippen LogP contribution >= 0.6 is 31.9 Å². The molecule has 0 saturated carbocycles.